The average Bonchev–Trinajstić information content (AvgIpc) is 2.24. The lowest BCUT2D eigenvalue weighted by Crippen LogP contribution is -2.39. The van der Waals surface area contributed by atoms with Gasteiger partial charge in [0.05, 0.1) is 5.60 Å². The molecule has 1 aliphatic rings. The molecule has 0 aromatic heterocycles. The largest absolute Gasteiger partial charge is 0.389 e. The molecule has 1 fully saturated rings. The Morgan fingerprint density at radius 1 is 1.23 bits per heavy atom. The van der Waals surface area contributed by atoms with Crippen molar-refractivity contribution >= 4 is 0 Å². The van der Waals surface area contributed by atoms with E-state index in [1.54, 1.807) is 0 Å². The van der Waals surface area contributed by atoms with Gasteiger partial charge in [-0.05, 0) is 43.4 Å². The van der Waals surface area contributed by atoms with E-state index in [0.717, 1.165) is 19.3 Å². The van der Waals surface area contributed by atoms with Crippen LogP contribution in [0.25, 0.3) is 0 Å². The van der Waals surface area contributed by atoms with Crippen LogP contribution < -0.4 is 0 Å². The van der Waals surface area contributed by atoms with E-state index in [2.05, 4.69) is 27.7 Å². The van der Waals surface area contributed by atoms with Gasteiger partial charge in [0.15, 0.2) is 0 Å². The Bertz CT molecular complexity index is 172. The van der Waals surface area contributed by atoms with Crippen LogP contribution in [0.15, 0.2) is 0 Å². The molecule has 78 valence electrons. The first-order chi connectivity index (χ1) is 5.87. The third-order valence-corrected chi connectivity index (χ3v) is 3.79. The maximum Gasteiger partial charge on any atom is 0.0698 e. The summed E-state index contributed by atoms with van der Waals surface area (Å²) in [5.74, 6) is 0.709. The molecule has 1 unspecified atom stereocenters. The quantitative estimate of drug-likeness (QED) is 0.713. The predicted molar refractivity (Wildman–Crippen MR) is 56.7 cm³/mol. The second-order valence-corrected chi connectivity index (χ2v) is 5.70. The molecule has 1 N–H and O–H groups in total. The van der Waals surface area contributed by atoms with Gasteiger partial charge in [0, 0.05) is 0 Å². The molecule has 0 heterocycles. The van der Waals surface area contributed by atoms with Crippen LogP contribution in [0, 0.1) is 11.3 Å². The summed E-state index contributed by atoms with van der Waals surface area (Å²) < 4.78 is 0. The van der Waals surface area contributed by atoms with Gasteiger partial charge < -0.3 is 5.11 Å². The average molecular weight is 184 g/mol. The van der Waals surface area contributed by atoms with Crippen molar-refractivity contribution in [3.63, 3.8) is 0 Å². The number of rotatable bonds is 3. The Kier molecular flexibility index (Phi) is 3.06. The van der Waals surface area contributed by atoms with E-state index in [0.29, 0.717) is 5.92 Å². The third-order valence-electron chi connectivity index (χ3n) is 3.79. The van der Waals surface area contributed by atoms with Crippen molar-refractivity contribution in [3.8, 4) is 0 Å². The summed E-state index contributed by atoms with van der Waals surface area (Å²) in [5, 5.41) is 10.5. The van der Waals surface area contributed by atoms with Crippen molar-refractivity contribution in [1.29, 1.82) is 0 Å². The van der Waals surface area contributed by atoms with Gasteiger partial charge in [-0.15, -0.1) is 0 Å². The molecule has 0 spiro atoms. The Balaban J connectivity index is 2.54. The minimum absolute atomic E-state index is 0.141. The molecule has 1 rings (SSSR count). The summed E-state index contributed by atoms with van der Waals surface area (Å²) >= 11 is 0. The lowest BCUT2D eigenvalue weighted by atomic mass is 9.74. The molecule has 13 heavy (non-hydrogen) atoms. The lowest BCUT2D eigenvalue weighted by molar-refractivity contribution is -0.0528. The number of aliphatic hydroxyl groups is 1. The third kappa shape index (κ3) is 2.25. The standard InChI is InChI=1S/C12H24O/c1-10(2)6-9-12(13)8-5-7-11(12,3)4/h10,13H,5-9H2,1-4H3. The summed E-state index contributed by atoms with van der Waals surface area (Å²) in [6.45, 7) is 8.87. The normalized spacial score (nSPS) is 32.8. The highest BCUT2D eigenvalue weighted by Gasteiger charge is 2.46. The summed E-state index contributed by atoms with van der Waals surface area (Å²) in [6, 6.07) is 0. The van der Waals surface area contributed by atoms with E-state index < -0.39 is 0 Å². The van der Waals surface area contributed by atoms with Crippen molar-refractivity contribution in [2.24, 2.45) is 11.3 Å². The van der Waals surface area contributed by atoms with Crippen molar-refractivity contribution in [3.05, 3.63) is 0 Å². The van der Waals surface area contributed by atoms with E-state index in [4.69, 9.17) is 0 Å². The molecule has 0 bridgehead atoms. The molecule has 1 atom stereocenters. The van der Waals surface area contributed by atoms with Crippen molar-refractivity contribution in [1.82, 2.24) is 0 Å². The molecular weight excluding hydrogens is 160 g/mol. The summed E-state index contributed by atoms with van der Waals surface area (Å²) in [6.07, 6.45) is 5.52. The van der Waals surface area contributed by atoms with E-state index in [-0.39, 0.29) is 11.0 Å². The first-order valence-electron chi connectivity index (χ1n) is 5.60. The molecule has 0 aromatic carbocycles. The molecule has 1 nitrogen and oxygen atoms in total. The maximum atomic E-state index is 10.5. The molecule has 1 heteroatoms. The van der Waals surface area contributed by atoms with Gasteiger partial charge in [-0.1, -0.05) is 27.7 Å². The second kappa shape index (κ2) is 3.61. The zero-order chi connectivity index (χ0) is 10.1. The van der Waals surface area contributed by atoms with Crippen LogP contribution in [0.2, 0.25) is 0 Å². The zero-order valence-corrected chi connectivity index (χ0v) is 9.56. The highest BCUT2D eigenvalue weighted by Crippen LogP contribution is 2.48. The van der Waals surface area contributed by atoms with Gasteiger partial charge in [0.1, 0.15) is 0 Å². The Morgan fingerprint density at radius 2 is 1.85 bits per heavy atom. The minimum atomic E-state index is -0.378. The van der Waals surface area contributed by atoms with Crippen molar-refractivity contribution in [2.75, 3.05) is 0 Å². The molecule has 0 radical (unpaired) electrons. The molecule has 1 saturated carbocycles. The van der Waals surface area contributed by atoms with E-state index in [9.17, 15) is 5.11 Å². The van der Waals surface area contributed by atoms with Crippen LogP contribution in [-0.2, 0) is 0 Å². The van der Waals surface area contributed by atoms with Crippen LogP contribution in [0.5, 0.6) is 0 Å². The molecule has 0 aromatic rings. The molecule has 0 saturated heterocycles. The van der Waals surface area contributed by atoms with Gasteiger partial charge in [-0.3, -0.25) is 0 Å². The summed E-state index contributed by atoms with van der Waals surface area (Å²) in [5.41, 5.74) is -0.237. The molecule has 0 aliphatic heterocycles. The van der Waals surface area contributed by atoms with Crippen LogP contribution in [0.4, 0.5) is 0 Å². The first kappa shape index (κ1) is 11.0. The Morgan fingerprint density at radius 3 is 2.23 bits per heavy atom. The first-order valence-corrected chi connectivity index (χ1v) is 5.60. The van der Waals surface area contributed by atoms with E-state index in [1.165, 1.54) is 12.8 Å². The Labute approximate surface area is 82.5 Å². The lowest BCUT2D eigenvalue weighted by Gasteiger charge is -2.37. The van der Waals surface area contributed by atoms with Gasteiger partial charge in [-0.25, -0.2) is 0 Å². The van der Waals surface area contributed by atoms with Gasteiger partial charge in [0.25, 0.3) is 0 Å². The summed E-state index contributed by atoms with van der Waals surface area (Å²) in [4.78, 5) is 0. The van der Waals surface area contributed by atoms with Crippen LogP contribution in [0.3, 0.4) is 0 Å². The SMILES string of the molecule is CC(C)CCC1(O)CCCC1(C)C. The fourth-order valence-corrected chi connectivity index (χ4v) is 2.38. The highest BCUT2D eigenvalue weighted by atomic mass is 16.3. The topological polar surface area (TPSA) is 20.2 Å². The highest BCUT2D eigenvalue weighted by molar-refractivity contribution is 4.98. The van der Waals surface area contributed by atoms with Gasteiger partial charge in [-0.2, -0.15) is 0 Å². The molecular formula is C12H24O. The number of hydrogen-bond donors (Lipinski definition) is 1. The fraction of sp³-hybridized carbons (Fsp3) is 1.00. The number of hydrogen-bond acceptors (Lipinski definition) is 1. The smallest absolute Gasteiger partial charge is 0.0698 e. The monoisotopic (exact) mass is 184 g/mol. The maximum absolute atomic E-state index is 10.5. The Hall–Kier alpha value is -0.0400. The minimum Gasteiger partial charge on any atom is -0.389 e. The zero-order valence-electron chi connectivity index (χ0n) is 9.56. The van der Waals surface area contributed by atoms with E-state index in [1.807, 2.05) is 0 Å². The summed E-state index contributed by atoms with van der Waals surface area (Å²) in [7, 11) is 0. The second-order valence-electron chi connectivity index (χ2n) is 5.70. The van der Waals surface area contributed by atoms with Crippen molar-refractivity contribution in [2.45, 2.75) is 65.4 Å². The molecule has 0 amide bonds. The van der Waals surface area contributed by atoms with Crippen LogP contribution in [-0.4, -0.2) is 10.7 Å². The van der Waals surface area contributed by atoms with Crippen LogP contribution in [0.1, 0.15) is 59.8 Å². The van der Waals surface area contributed by atoms with Crippen LogP contribution >= 0.6 is 0 Å². The predicted octanol–water partition coefficient (Wildman–Crippen LogP) is 3.36. The fourth-order valence-electron chi connectivity index (χ4n) is 2.38. The van der Waals surface area contributed by atoms with Gasteiger partial charge in [0.2, 0.25) is 0 Å². The van der Waals surface area contributed by atoms with E-state index >= 15 is 0 Å². The van der Waals surface area contributed by atoms with Gasteiger partial charge >= 0.3 is 0 Å². The van der Waals surface area contributed by atoms with Crippen molar-refractivity contribution < 1.29 is 5.11 Å². The molecule has 1 aliphatic carbocycles.